The van der Waals surface area contributed by atoms with Crippen molar-refractivity contribution in [3.05, 3.63) is 35.8 Å². The summed E-state index contributed by atoms with van der Waals surface area (Å²) in [5.74, 6) is -1.72. The number of hydrogen-bond donors (Lipinski definition) is 2. The lowest BCUT2D eigenvalue weighted by molar-refractivity contribution is 0.100. The van der Waals surface area contributed by atoms with Crippen LogP contribution in [0, 0.1) is 23.1 Å². The van der Waals surface area contributed by atoms with Crippen molar-refractivity contribution in [3.8, 4) is 6.07 Å². The van der Waals surface area contributed by atoms with Crippen molar-refractivity contribution in [1.82, 2.24) is 9.78 Å². The monoisotopic (exact) mass is 405 g/mol. The Morgan fingerprint density at radius 3 is 2.71 bits per heavy atom. The molecule has 0 aliphatic heterocycles. The van der Waals surface area contributed by atoms with Crippen LogP contribution in [0.1, 0.15) is 42.1 Å². The van der Waals surface area contributed by atoms with Crippen molar-refractivity contribution in [3.63, 3.8) is 0 Å². The second kappa shape index (κ2) is 7.59. The zero-order valence-electron chi connectivity index (χ0n) is 15.2. The number of nitrogens with one attached hydrogen (secondary N) is 1. The quantitative estimate of drug-likeness (QED) is 0.786. The Balaban J connectivity index is 1.94. The van der Waals surface area contributed by atoms with E-state index in [9.17, 15) is 22.9 Å². The molecular weight excluding hydrogens is 385 g/mol. The summed E-state index contributed by atoms with van der Waals surface area (Å²) in [5.41, 5.74) is 5.77. The lowest BCUT2D eigenvalue weighted by Gasteiger charge is -2.26. The highest BCUT2D eigenvalue weighted by molar-refractivity contribution is 7.90. The first kappa shape index (κ1) is 19.8. The molecule has 2 atom stereocenters. The average Bonchev–Trinajstić information content (AvgIpc) is 3.04. The number of primary amides is 1. The van der Waals surface area contributed by atoms with E-state index in [0.29, 0.717) is 0 Å². The Morgan fingerprint density at radius 1 is 1.39 bits per heavy atom. The Kier molecular flexibility index (Phi) is 5.38. The van der Waals surface area contributed by atoms with Crippen molar-refractivity contribution in [2.24, 2.45) is 11.7 Å². The molecule has 10 heteroatoms. The van der Waals surface area contributed by atoms with Crippen LogP contribution in [0.25, 0.3) is 0 Å². The molecule has 28 heavy (non-hydrogen) atoms. The molecule has 1 fully saturated rings. The highest BCUT2D eigenvalue weighted by Crippen LogP contribution is 2.34. The lowest BCUT2D eigenvalue weighted by Crippen LogP contribution is -2.22. The van der Waals surface area contributed by atoms with Gasteiger partial charge in [-0.2, -0.15) is 10.4 Å². The fourth-order valence-corrected chi connectivity index (χ4v) is 4.16. The van der Waals surface area contributed by atoms with Crippen molar-refractivity contribution in [2.45, 2.75) is 36.6 Å². The largest absolute Gasteiger partial charge is 0.365 e. The summed E-state index contributed by atoms with van der Waals surface area (Å²) in [5, 5.41) is 16.6. The summed E-state index contributed by atoms with van der Waals surface area (Å²) in [6.07, 6.45) is 5.85. The summed E-state index contributed by atoms with van der Waals surface area (Å²) >= 11 is 0. The number of nitrogens with zero attached hydrogens (tertiary/aromatic N) is 3. The van der Waals surface area contributed by atoms with E-state index in [0.717, 1.165) is 44.1 Å². The van der Waals surface area contributed by atoms with Gasteiger partial charge in [-0.3, -0.25) is 9.48 Å². The lowest BCUT2D eigenvalue weighted by atomic mass is 9.85. The maximum Gasteiger partial charge on any atom is 0.254 e. The van der Waals surface area contributed by atoms with Gasteiger partial charge in [-0.25, -0.2) is 12.8 Å². The minimum absolute atomic E-state index is 0.106. The number of hydrogen-bond acceptors (Lipinski definition) is 6. The maximum atomic E-state index is 14.1. The van der Waals surface area contributed by atoms with Crippen LogP contribution in [-0.4, -0.2) is 30.4 Å². The Bertz CT molecular complexity index is 1060. The molecule has 1 aliphatic rings. The van der Waals surface area contributed by atoms with Gasteiger partial charge in [0.2, 0.25) is 0 Å². The molecule has 0 spiro atoms. The molecule has 3 N–H and O–H groups in total. The molecule has 0 radical (unpaired) electrons. The highest BCUT2D eigenvalue weighted by atomic mass is 32.2. The van der Waals surface area contributed by atoms with Gasteiger partial charge in [0.05, 0.1) is 18.0 Å². The average molecular weight is 405 g/mol. The van der Waals surface area contributed by atoms with E-state index in [4.69, 9.17) is 5.73 Å². The van der Waals surface area contributed by atoms with Crippen molar-refractivity contribution >= 4 is 27.2 Å². The van der Waals surface area contributed by atoms with E-state index in [1.54, 1.807) is 4.68 Å². The molecule has 2 unspecified atom stereocenters. The summed E-state index contributed by atoms with van der Waals surface area (Å²) in [6.45, 7) is 0. The zero-order chi connectivity index (χ0) is 20.5. The topological polar surface area (TPSA) is 131 Å². The van der Waals surface area contributed by atoms with E-state index in [1.165, 1.54) is 12.3 Å². The zero-order valence-corrected chi connectivity index (χ0v) is 16.0. The predicted molar refractivity (Wildman–Crippen MR) is 100 cm³/mol. The number of amides is 1. The molecule has 1 heterocycles. The van der Waals surface area contributed by atoms with Gasteiger partial charge in [0.15, 0.2) is 15.7 Å². The van der Waals surface area contributed by atoms with E-state index in [1.807, 2.05) is 0 Å². The van der Waals surface area contributed by atoms with Crippen LogP contribution in [0.15, 0.2) is 29.3 Å². The molecule has 0 bridgehead atoms. The van der Waals surface area contributed by atoms with Gasteiger partial charge < -0.3 is 11.1 Å². The van der Waals surface area contributed by atoms with Crippen molar-refractivity contribution in [1.29, 1.82) is 5.26 Å². The first-order valence-electron chi connectivity index (χ1n) is 8.76. The third-order valence-corrected chi connectivity index (χ3v) is 5.96. The summed E-state index contributed by atoms with van der Waals surface area (Å²) < 4.78 is 38.8. The highest BCUT2D eigenvalue weighted by Gasteiger charge is 2.29. The van der Waals surface area contributed by atoms with Gasteiger partial charge >= 0.3 is 0 Å². The van der Waals surface area contributed by atoms with Crippen LogP contribution in [0.5, 0.6) is 0 Å². The van der Waals surface area contributed by atoms with Crippen LogP contribution < -0.4 is 11.1 Å². The molecule has 1 aromatic carbocycles. The fraction of sp³-hybridized carbons (Fsp3) is 0.389. The Morgan fingerprint density at radius 2 is 2.11 bits per heavy atom. The molecule has 0 saturated heterocycles. The molecule has 8 nitrogen and oxygen atoms in total. The molecular formula is C18H20FN5O3S. The normalized spacial score (nSPS) is 19.8. The summed E-state index contributed by atoms with van der Waals surface area (Å²) in [7, 11) is -3.69. The van der Waals surface area contributed by atoms with Crippen LogP contribution in [0.3, 0.4) is 0 Å². The number of nitrogens with two attached hydrogens (primary N) is 1. The number of carbonyl (C=O) groups is 1. The first-order valence-corrected chi connectivity index (χ1v) is 10.6. The second-order valence-corrected chi connectivity index (χ2v) is 8.85. The van der Waals surface area contributed by atoms with Crippen LogP contribution in [0.2, 0.25) is 0 Å². The fourth-order valence-electron chi connectivity index (χ4n) is 3.43. The van der Waals surface area contributed by atoms with E-state index in [2.05, 4.69) is 16.5 Å². The molecule has 1 aliphatic carbocycles. The molecule has 2 aromatic rings. The number of nitriles is 1. The minimum atomic E-state index is -3.69. The minimum Gasteiger partial charge on any atom is -0.365 e. The second-order valence-electron chi connectivity index (χ2n) is 6.87. The number of anilines is 2. The van der Waals surface area contributed by atoms with E-state index >= 15 is 0 Å². The summed E-state index contributed by atoms with van der Waals surface area (Å²) in [6, 6.07) is 5.64. The first-order chi connectivity index (χ1) is 13.2. The van der Waals surface area contributed by atoms with Gasteiger partial charge in [-0.05, 0) is 31.0 Å². The Labute approximate surface area is 162 Å². The molecule has 1 saturated carbocycles. The number of rotatable bonds is 5. The van der Waals surface area contributed by atoms with Gasteiger partial charge in [0, 0.05) is 18.1 Å². The SMILES string of the molecule is CS(=O)(=O)c1ccc(Nc2nn(C3CCCCC3C#N)cc2C(N)=O)cc1F. The molecule has 1 amide bonds. The number of aromatic nitrogens is 2. The van der Waals surface area contributed by atoms with Crippen molar-refractivity contribution in [2.75, 3.05) is 11.6 Å². The predicted octanol–water partition coefficient (Wildman–Crippen LogP) is 2.52. The van der Waals surface area contributed by atoms with Crippen molar-refractivity contribution < 1.29 is 17.6 Å². The molecule has 1 aromatic heterocycles. The standard InChI is InChI=1S/C18H20FN5O3S/c1-28(26,27)16-7-6-12(8-14(16)19)22-18-13(17(21)25)10-24(23-18)15-5-3-2-4-11(15)9-20/h6-8,10-11,15H,2-5H2,1H3,(H2,21,25)(H,22,23). The summed E-state index contributed by atoms with van der Waals surface area (Å²) in [4.78, 5) is 11.4. The van der Waals surface area contributed by atoms with Gasteiger partial charge in [-0.1, -0.05) is 12.8 Å². The van der Waals surface area contributed by atoms with E-state index < -0.39 is 26.5 Å². The van der Waals surface area contributed by atoms with Crippen LogP contribution >= 0.6 is 0 Å². The van der Waals surface area contributed by atoms with E-state index in [-0.39, 0.29) is 29.0 Å². The Hall–Kier alpha value is -2.93. The third-order valence-electron chi connectivity index (χ3n) is 4.83. The number of benzene rings is 1. The van der Waals surface area contributed by atoms with Gasteiger partial charge in [0.25, 0.3) is 5.91 Å². The maximum absolute atomic E-state index is 14.1. The molecule has 148 valence electrons. The number of halogens is 1. The smallest absolute Gasteiger partial charge is 0.254 e. The third kappa shape index (κ3) is 3.99. The number of sulfone groups is 1. The van der Waals surface area contributed by atoms with Gasteiger partial charge in [-0.15, -0.1) is 0 Å². The number of carbonyl (C=O) groups excluding carboxylic acids is 1. The van der Waals surface area contributed by atoms with Gasteiger partial charge in [0.1, 0.15) is 16.3 Å². The molecule has 3 rings (SSSR count). The van der Waals surface area contributed by atoms with Crippen LogP contribution in [-0.2, 0) is 9.84 Å². The van der Waals surface area contributed by atoms with Crippen LogP contribution in [0.4, 0.5) is 15.9 Å².